The number of hydrogen-bond acceptors (Lipinski definition) is 8. The van der Waals surface area contributed by atoms with Crippen LogP contribution < -0.4 is 5.56 Å². The lowest BCUT2D eigenvalue weighted by Crippen LogP contribution is -2.22. The van der Waals surface area contributed by atoms with E-state index in [-0.39, 0.29) is 12.1 Å². The number of aromatic nitrogens is 7. The van der Waals surface area contributed by atoms with E-state index in [0.717, 1.165) is 17.2 Å². The lowest BCUT2D eigenvalue weighted by molar-refractivity contribution is 0.368. The molecule has 1 unspecified atom stereocenters. The molecular weight excluding hydrogens is 434 g/mol. The van der Waals surface area contributed by atoms with E-state index in [0.29, 0.717) is 17.1 Å². The van der Waals surface area contributed by atoms with Crippen LogP contribution >= 0.6 is 0 Å². The third-order valence-corrected chi connectivity index (χ3v) is 5.74. The van der Waals surface area contributed by atoms with Gasteiger partial charge in [0.15, 0.2) is 29.6 Å². The van der Waals surface area contributed by atoms with E-state index in [1.807, 2.05) is 0 Å². The highest BCUT2D eigenvalue weighted by Crippen LogP contribution is 2.32. The standard InChI is InChI=1S/C15H15NO.C9H8N6O2/c1-11-2-3-14(8-11)12-4-6-13(7-5-12)15-9-16-10-17-15;1-14-4-11-8-7(14)9(16)15(5-12-8)2-6-10-3-13-17-6/h4-11H,2-3H2,1H3;3-5H,2H2,1H3. The van der Waals surface area contributed by atoms with Crippen molar-refractivity contribution < 1.29 is 8.94 Å². The SMILES string of the molecule is CC1C=C(c2ccc(-c3cnco3)cc2)CC1.Cn1cnc2ncn(Cc3ncno3)c(=O)c21. The van der Waals surface area contributed by atoms with E-state index >= 15 is 0 Å². The molecule has 10 nitrogen and oxygen atoms in total. The van der Waals surface area contributed by atoms with Gasteiger partial charge < -0.3 is 13.5 Å². The number of benzene rings is 1. The van der Waals surface area contributed by atoms with Crippen molar-refractivity contribution in [2.24, 2.45) is 13.0 Å². The number of fused-ring (bicyclic) bond motifs is 1. The van der Waals surface area contributed by atoms with E-state index < -0.39 is 0 Å². The zero-order valence-corrected chi connectivity index (χ0v) is 18.8. The molecule has 0 amide bonds. The van der Waals surface area contributed by atoms with Gasteiger partial charge in [0.05, 0.1) is 12.5 Å². The van der Waals surface area contributed by atoms with Crippen LogP contribution in [0.25, 0.3) is 28.1 Å². The summed E-state index contributed by atoms with van der Waals surface area (Å²) in [5.74, 6) is 1.90. The highest BCUT2D eigenvalue weighted by atomic mass is 16.5. The zero-order valence-electron chi connectivity index (χ0n) is 18.8. The molecule has 0 saturated carbocycles. The maximum Gasteiger partial charge on any atom is 0.280 e. The average Bonchev–Trinajstić information content (AvgIpc) is 3.65. The second-order valence-corrected chi connectivity index (χ2v) is 8.19. The first-order valence-electron chi connectivity index (χ1n) is 10.9. The van der Waals surface area contributed by atoms with Crippen molar-refractivity contribution in [2.45, 2.75) is 26.3 Å². The lowest BCUT2D eigenvalue weighted by Gasteiger charge is -2.02. The molecule has 5 aromatic rings. The quantitative estimate of drug-likeness (QED) is 0.401. The van der Waals surface area contributed by atoms with Gasteiger partial charge >= 0.3 is 0 Å². The first-order chi connectivity index (χ1) is 16.6. The molecule has 172 valence electrons. The van der Waals surface area contributed by atoms with Crippen molar-refractivity contribution in [3.05, 3.63) is 83.7 Å². The molecule has 1 aromatic carbocycles. The van der Waals surface area contributed by atoms with Crippen LogP contribution in [0.4, 0.5) is 0 Å². The molecule has 0 fully saturated rings. The molecule has 10 heteroatoms. The smallest absolute Gasteiger partial charge is 0.280 e. The van der Waals surface area contributed by atoms with E-state index in [9.17, 15) is 4.79 Å². The fraction of sp³-hybridized carbons (Fsp3) is 0.250. The minimum atomic E-state index is -0.187. The summed E-state index contributed by atoms with van der Waals surface area (Å²) in [7, 11) is 1.75. The Morgan fingerprint density at radius 3 is 2.56 bits per heavy atom. The highest BCUT2D eigenvalue weighted by molar-refractivity contribution is 5.70. The summed E-state index contributed by atoms with van der Waals surface area (Å²) < 4.78 is 13.2. The molecule has 0 aliphatic heterocycles. The molecule has 4 heterocycles. The van der Waals surface area contributed by atoms with Gasteiger partial charge in [-0.05, 0) is 29.9 Å². The van der Waals surface area contributed by atoms with Crippen LogP contribution in [0.3, 0.4) is 0 Å². The van der Waals surface area contributed by atoms with Crippen molar-refractivity contribution in [1.82, 2.24) is 34.2 Å². The number of oxazole rings is 1. The molecule has 0 spiro atoms. The van der Waals surface area contributed by atoms with Gasteiger partial charge in [0.25, 0.3) is 5.56 Å². The first kappa shape index (κ1) is 21.5. The summed E-state index contributed by atoms with van der Waals surface area (Å²) in [6.45, 7) is 2.48. The molecule has 34 heavy (non-hydrogen) atoms. The summed E-state index contributed by atoms with van der Waals surface area (Å²) in [4.78, 5) is 28.0. The maximum absolute atomic E-state index is 12.1. The minimum Gasteiger partial charge on any atom is -0.444 e. The fourth-order valence-electron chi connectivity index (χ4n) is 3.94. The van der Waals surface area contributed by atoms with Crippen molar-refractivity contribution in [3.8, 4) is 11.3 Å². The Kier molecular flexibility index (Phi) is 5.86. The van der Waals surface area contributed by atoms with E-state index in [1.165, 1.54) is 47.6 Å². The second kappa shape index (κ2) is 9.26. The maximum atomic E-state index is 12.1. The van der Waals surface area contributed by atoms with Gasteiger partial charge in [-0.25, -0.2) is 15.0 Å². The monoisotopic (exact) mass is 457 g/mol. The molecule has 4 aromatic heterocycles. The molecule has 1 atom stereocenters. The number of hydrogen-bond donors (Lipinski definition) is 0. The highest BCUT2D eigenvalue weighted by Gasteiger charge is 2.13. The van der Waals surface area contributed by atoms with Crippen molar-refractivity contribution in [2.75, 3.05) is 0 Å². The number of imidazole rings is 1. The summed E-state index contributed by atoms with van der Waals surface area (Å²) in [6.07, 6.45) is 12.3. The Bertz CT molecular complexity index is 1460. The van der Waals surface area contributed by atoms with Crippen LogP contribution in [-0.4, -0.2) is 34.2 Å². The predicted molar refractivity (Wildman–Crippen MR) is 124 cm³/mol. The van der Waals surface area contributed by atoms with E-state index in [4.69, 9.17) is 8.94 Å². The van der Waals surface area contributed by atoms with Gasteiger partial charge in [-0.3, -0.25) is 9.36 Å². The van der Waals surface area contributed by atoms with Crippen molar-refractivity contribution in [1.29, 1.82) is 0 Å². The Morgan fingerprint density at radius 1 is 1.09 bits per heavy atom. The summed E-state index contributed by atoms with van der Waals surface area (Å²) in [5.41, 5.74) is 4.58. The number of rotatable bonds is 4. The Hall–Kier alpha value is -4.34. The molecule has 0 N–H and O–H groups in total. The van der Waals surface area contributed by atoms with Crippen LogP contribution in [0.2, 0.25) is 0 Å². The Labute approximate surface area is 194 Å². The largest absolute Gasteiger partial charge is 0.444 e. The molecule has 0 saturated heterocycles. The molecule has 0 bridgehead atoms. The fourth-order valence-corrected chi connectivity index (χ4v) is 3.94. The molecule has 6 rings (SSSR count). The van der Waals surface area contributed by atoms with Gasteiger partial charge in [-0.15, -0.1) is 0 Å². The molecular formula is C24H23N7O3. The van der Waals surface area contributed by atoms with Crippen molar-refractivity contribution in [3.63, 3.8) is 0 Å². The summed E-state index contributed by atoms with van der Waals surface area (Å²) in [6, 6.07) is 8.53. The van der Waals surface area contributed by atoms with Gasteiger partial charge in [0, 0.05) is 12.6 Å². The predicted octanol–water partition coefficient (Wildman–Crippen LogP) is 3.72. The molecule has 1 aliphatic carbocycles. The zero-order chi connectivity index (χ0) is 23.5. The normalized spacial score (nSPS) is 15.2. The van der Waals surface area contributed by atoms with Crippen LogP contribution in [-0.2, 0) is 13.6 Å². The topological polar surface area (TPSA) is 118 Å². The first-order valence-corrected chi connectivity index (χ1v) is 10.9. The molecule has 1 aliphatic rings. The van der Waals surface area contributed by atoms with Crippen LogP contribution in [0.1, 0.15) is 31.2 Å². The third-order valence-electron chi connectivity index (χ3n) is 5.74. The summed E-state index contributed by atoms with van der Waals surface area (Å²) in [5, 5.41) is 3.48. The van der Waals surface area contributed by atoms with E-state index in [2.05, 4.69) is 62.4 Å². The van der Waals surface area contributed by atoms with Gasteiger partial charge in [0.2, 0.25) is 5.89 Å². The third kappa shape index (κ3) is 4.42. The number of aryl methyl sites for hydroxylation is 1. The van der Waals surface area contributed by atoms with E-state index in [1.54, 1.807) is 24.1 Å². The van der Waals surface area contributed by atoms with Gasteiger partial charge in [-0.1, -0.05) is 42.4 Å². The lowest BCUT2D eigenvalue weighted by atomic mass is 10.0. The minimum absolute atomic E-state index is 0.187. The Balaban J connectivity index is 0.000000142. The summed E-state index contributed by atoms with van der Waals surface area (Å²) >= 11 is 0. The second-order valence-electron chi connectivity index (χ2n) is 8.19. The van der Waals surface area contributed by atoms with Crippen LogP contribution in [0.5, 0.6) is 0 Å². The number of allylic oxidation sites excluding steroid dienone is 2. The molecule has 0 radical (unpaired) electrons. The van der Waals surface area contributed by atoms with Crippen molar-refractivity contribution >= 4 is 16.7 Å². The Morgan fingerprint density at radius 2 is 1.88 bits per heavy atom. The number of nitrogens with zero attached hydrogens (tertiary/aromatic N) is 7. The average molecular weight is 457 g/mol. The van der Waals surface area contributed by atoms with Gasteiger partial charge in [-0.2, -0.15) is 4.98 Å². The van der Waals surface area contributed by atoms with Crippen LogP contribution in [0.15, 0.2) is 75.6 Å². The van der Waals surface area contributed by atoms with Gasteiger partial charge in [0.1, 0.15) is 12.9 Å². The van der Waals surface area contributed by atoms with Crippen LogP contribution in [0, 0.1) is 5.92 Å².